The average Bonchev–Trinajstić information content (AvgIpc) is 3.06. The molecule has 0 radical (unpaired) electrons. The van der Waals surface area contributed by atoms with Crippen molar-refractivity contribution in [3.05, 3.63) is 59.8 Å². The van der Waals surface area contributed by atoms with Crippen molar-refractivity contribution in [2.45, 2.75) is 33.1 Å². The lowest BCUT2D eigenvalue weighted by Crippen LogP contribution is -2.29. The van der Waals surface area contributed by atoms with Crippen LogP contribution in [0.4, 0.5) is 5.69 Å². The normalized spacial score (nSPS) is 19.7. The van der Waals surface area contributed by atoms with Crippen molar-refractivity contribution < 1.29 is 4.74 Å². The zero-order valence-corrected chi connectivity index (χ0v) is 18.3. The minimum absolute atomic E-state index is 0.305. The maximum absolute atomic E-state index is 5.47. The number of para-hydroxylation sites is 1. The largest absolute Gasteiger partial charge is 0.497 e. The van der Waals surface area contributed by atoms with Crippen LogP contribution in [0.25, 0.3) is 10.9 Å². The molecule has 4 nitrogen and oxygen atoms in total. The molecule has 0 spiro atoms. The SMILES string of the molecule is COc1cccc(NC(=S)NCC[C@@H]2[C@@H](c3c(C)[nH]c4ccccc34)C2(C)C)c1. The van der Waals surface area contributed by atoms with Crippen LogP contribution < -0.4 is 15.4 Å². The number of aryl methyl sites for hydroxylation is 1. The van der Waals surface area contributed by atoms with Gasteiger partial charge in [0.25, 0.3) is 0 Å². The van der Waals surface area contributed by atoms with Gasteiger partial charge in [-0.2, -0.15) is 0 Å². The molecule has 3 N–H and O–H groups in total. The van der Waals surface area contributed by atoms with Gasteiger partial charge in [0.15, 0.2) is 5.11 Å². The third kappa shape index (κ3) is 3.84. The molecule has 1 aromatic heterocycles. The van der Waals surface area contributed by atoms with Crippen LogP contribution in [-0.4, -0.2) is 23.8 Å². The van der Waals surface area contributed by atoms with Gasteiger partial charge < -0.3 is 20.4 Å². The van der Waals surface area contributed by atoms with Gasteiger partial charge in [0.2, 0.25) is 0 Å². The molecular formula is C24H29N3OS. The second-order valence-corrected chi connectivity index (χ2v) is 8.92. The van der Waals surface area contributed by atoms with Gasteiger partial charge in [0.05, 0.1) is 7.11 Å². The van der Waals surface area contributed by atoms with E-state index in [1.165, 1.54) is 22.2 Å². The van der Waals surface area contributed by atoms with Gasteiger partial charge >= 0.3 is 0 Å². The first kappa shape index (κ1) is 19.8. The van der Waals surface area contributed by atoms with Crippen molar-refractivity contribution in [1.82, 2.24) is 10.3 Å². The summed E-state index contributed by atoms with van der Waals surface area (Å²) in [5, 5.41) is 8.62. The lowest BCUT2D eigenvalue weighted by Gasteiger charge is -2.11. The van der Waals surface area contributed by atoms with Crippen LogP contribution >= 0.6 is 12.2 Å². The Balaban J connectivity index is 1.36. The van der Waals surface area contributed by atoms with Crippen molar-refractivity contribution >= 4 is 33.9 Å². The van der Waals surface area contributed by atoms with Crippen LogP contribution in [-0.2, 0) is 0 Å². The Bertz CT molecular complexity index is 1040. The molecule has 1 aliphatic rings. The summed E-state index contributed by atoms with van der Waals surface area (Å²) in [5.74, 6) is 2.04. The molecule has 0 amide bonds. The molecule has 0 bridgehead atoms. The Kier molecular flexibility index (Phi) is 5.26. The first-order valence-electron chi connectivity index (χ1n) is 10.2. The summed E-state index contributed by atoms with van der Waals surface area (Å²) in [6.45, 7) is 7.83. The number of ether oxygens (including phenoxy) is 1. The molecular weight excluding hydrogens is 378 g/mol. The number of hydrogen-bond donors (Lipinski definition) is 3. The highest BCUT2D eigenvalue weighted by Crippen LogP contribution is 2.67. The third-order valence-corrected chi connectivity index (χ3v) is 6.62. The van der Waals surface area contributed by atoms with Gasteiger partial charge in [-0.15, -0.1) is 0 Å². The number of fused-ring (bicyclic) bond motifs is 1. The number of aromatic nitrogens is 1. The quantitative estimate of drug-likeness (QED) is 0.466. The van der Waals surface area contributed by atoms with E-state index in [1.54, 1.807) is 7.11 Å². The Morgan fingerprint density at radius 3 is 2.76 bits per heavy atom. The summed E-state index contributed by atoms with van der Waals surface area (Å²) in [7, 11) is 1.67. The van der Waals surface area contributed by atoms with E-state index < -0.39 is 0 Å². The van der Waals surface area contributed by atoms with E-state index in [2.05, 4.69) is 60.7 Å². The number of methoxy groups -OCH3 is 1. The van der Waals surface area contributed by atoms with E-state index in [0.717, 1.165) is 24.4 Å². The van der Waals surface area contributed by atoms with Gasteiger partial charge in [0, 0.05) is 34.9 Å². The number of benzene rings is 2. The molecule has 29 heavy (non-hydrogen) atoms. The molecule has 152 valence electrons. The van der Waals surface area contributed by atoms with Crippen molar-refractivity contribution in [3.8, 4) is 5.75 Å². The Labute approximate surface area is 178 Å². The van der Waals surface area contributed by atoms with Gasteiger partial charge in [0.1, 0.15) is 5.75 Å². The molecule has 0 unspecified atom stereocenters. The molecule has 5 heteroatoms. The number of hydrogen-bond acceptors (Lipinski definition) is 2. The summed E-state index contributed by atoms with van der Waals surface area (Å²) in [4.78, 5) is 3.56. The van der Waals surface area contributed by atoms with E-state index in [9.17, 15) is 0 Å². The van der Waals surface area contributed by atoms with Crippen LogP contribution in [0.15, 0.2) is 48.5 Å². The molecule has 1 heterocycles. The van der Waals surface area contributed by atoms with Crippen molar-refractivity contribution in [2.24, 2.45) is 11.3 Å². The number of thiocarbonyl (C=S) groups is 1. The topological polar surface area (TPSA) is 49.1 Å². The standard InChI is InChI=1S/C24H29N3OS/c1-15-21(18-10-5-6-11-20(18)26-15)22-19(24(22,2)3)12-13-25-23(29)27-16-8-7-9-17(14-16)28-4/h5-11,14,19,22,26H,12-13H2,1-4H3,(H2,25,27,29)/t19-,22+/m1/s1. The fourth-order valence-corrected chi connectivity index (χ4v) is 4.99. The summed E-state index contributed by atoms with van der Waals surface area (Å²) in [6, 6.07) is 16.4. The third-order valence-electron chi connectivity index (χ3n) is 6.37. The zero-order chi connectivity index (χ0) is 20.6. The van der Waals surface area contributed by atoms with Crippen LogP contribution in [0, 0.1) is 18.3 Å². The number of anilines is 1. The van der Waals surface area contributed by atoms with E-state index in [1.807, 2.05) is 24.3 Å². The lowest BCUT2D eigenvalue weighted by molar-refractivity contribution is 0.415. The summed E-state index contributed by atoms with van der Waals surface area (Å²) < 4.78 is 5.26. The van der Waals surface area contributed by atoms with E-state index >= 15 is 0 Å². The van der Waals surface area contributed by atoms with Gasteiger partial charge in [-0.3, -0.25) is 0 Å². The molecule has 2 atom stereocenters. The predicted octanol–water partition coefficient (Wildman–Crippen LogP) is 5.60. The molecule has 0 saturated heterocycles. The van der Waals surface area contributed by atoms with E-state index in [-0.39, 0.29) is 0 Å². The molecule has 1 saturated carbocycles. The smallest absolute Gasteiger partial charge is 0.170 e. The maximum Gasteiger partial charge on any atom is 0.170 e. The minimum Gasteiger partial charge on any atom is -0.497 e. The fourth-order valence-electron chi connectivity index (χ4n) is 4.77. The molecule has 1 aliphatic carbocycles. The minimum atomic E-state index is 0.305. The monoisotopic (exact) mass is 407 g/mol. The highest BCUT2D eigenvalue weighted by atomic mass is 32.1. The van der Waals surface area contributed by atoms with Crippen LogP contribution in [0.3, 0.4) is 0 Å². The Morgan fingerprint density at radius 1 is 1.17 bits per heavy atom. The molecule has 4 rings (SSSR count). The molecule has 2 aromatic carbocycles. The van der Waals surface area contributed by atoms with Crippen LogP contribution in [0.1, 0.15) is 37.4 Å². The van der Waals surface area contributed by atoms with Crippen LogP contribution in [0.5, 0.6) is 5.75 Å². The maximum atomic E-state index is 5.47. The average molecular weight is 408 g/mol. The second-order valence-electron chi connectivity index (χ2n) is 8.52. The second kappa shape index (κ2) is 7.71. The Morgan fingerprint density at radius 2 is 1.97 bits per heavy atom. The number of H-pyrrole nitrogens is 1. The number of rotatable bonds is 6. The van der Waals surface area contributed by atoms with Crippen molar-refractivity contribution in [2.75, 3.05) is 19.0 Å². The highest BCUT2D eigenvalue weighted by molar-refractivity contribution is 7.80. The Hall–Kier alpha value is -2.53. The fraction of sp³-hybridized carbons (Fsp3) is 0.375. The summed E-state index contributed by atoms with van der Waals surface area (Å²) in [5.41, 5.74) is 5.27. The number of nitrogens with one attached hydrogen (secondary N) is 3. The van der Waals surface area contributed by atoms with Gasteiger partial charge in [-0.25, -0.2) is 0 Å². The van der Waals surface area contributed by atoms with Crippen LogP contribution in [0.2, 0.25) is 0 Å². The van der Waals surface area contributed by atoms with Gasteiger partial charge in [-0.05, 0) is 66.6 Å². The van der Waals surface area contributed by atoms with E-state index in [4.69, 9.17) is 17.0 Å². The molecule has 3 aromatic rings. The summed E-state index contributed by atoms with van der Waals surface area (Å²) in [6.07, 6.45) is 1.09. The molecule has 1 fully saturated rings. The zero-order valence-electron chi connectivity index (χ0n) is 17.5. The first-order chi connectivity index (χ1) is 13.9. The van der Waals surface area contributed by atoms with E-state index in [0.29, 0.717) is 22.4 Å². The van der Waals surface area contributed by atoms with Gasteiger partial charge in [-0.1, -0.05) is 38.1 Å². The predicted molar refractivity (Wildman–Crippen MR) is 125 cm³/mol. The van der Waals surface area contributed by atoms with Crippen molar-refractivity contribution in [3.63, 3.8) is 0 Å². The van der Waals surface area contributed by atoms with Crippen molar-refractivity contribution in [1.29, 1.82) is 0 Å². The highest BCUT2D eigenvalue weighted by Gasteiger charge is 2.58. The molecule has 0 aliphatic heterocycles. The number of aromatic amines is 1. The lowest BCUT2D eigenvalue weighted by atomic mass is 10.0. The first-order valence-corrected chi connectivity index (χ1v) is 10.6. The summed E-state index contributed by atoms with van der Waals surface area (Å²) >= 11 is 5.47.